The lowest BCUT2D eigenvalue weighted by molar-refractivity contribution is -0.146. The fraction of sp³-hybridized carbons (Fsp3) is 0.412. The van der Waals surface area contributed by atoms with Crippen LogP contribution in [0.1, 0.15) is 36.7 Å². The van der Waals surface area contributed by atoms with E-state index in [0.29, 0.717) is 17.0 Å². The van der Waals surface area contributed by atoms with Gasteiger partial charge in [-0.05, 0) is 44.4 Å². The number of rotatable bonds is 5. The summed E-state index contributed by atoms with van der Waals surface area (Å²) < 4.78 is 35.0. The molecule has 1 aromatic carbocycles. The SMILES string of the molecule is CCOC(=O)c1[nH]c2ccc(Cl)cc2c1S(=O)(=O)C1(C(=O)OC)CCC1. The molecule has 7 nitrogen and oxygen atoms in total. The lowest BCUT2D eigenvalue weighted by atomic mass is 9.84. The first-order valence-electron chi connectivity index (χ1n) is 8.10. The van der Waals surface area contributed by atoms with E-state index in [1.807, 2.05) is 0 Å². The van der Waals surface area contributed by atoms with Crippen LogP contribution in [0.3, 0.4) is 0 Å². The summed E-state index contributed by atoms with van der Waals surface area (Å²) in [5.41, 5.74) is 0.203. The number of esters is 2. The Kier molecular flexibility index (Phi) is 4.74. The van der Waals surface area contributed by atoms with E-state index in [2.05, 4.69) is 4.98 Å². The van der Waals surface area contributed by atoms with E-state index in [0.717, 1.165) is 7.11 Å². The lowest BCUT2D eigenvalue weighted by Crippen LogP contribution is -2.52. The van der Waals surface area contributed by atoms with Crippen LogP contribution < -0.4 is 0 Å². The minimum atomic E-state index is -4.23. The first-order chi connectivity index (χ1) is 12.3. The molecule has 0 unspecified atom stereocenters. The molecule has 1 aliphatic carbocycles. The molecule has 3 rings (SSSR count). The Hall–Kier alpha value is -2.06. The minimum Gasteiger partial charge on any atom is -0.468 e. The summed E-state index contributed by atoms with van der Waals surface area (Å²) in [7, 11) is -3.09. The maximum atomic E-state index is 13.5. The van der Waals surface area contributed by atoms with Gasteiger partial charge in [0.05, 0.1) is 13.7 Å². The van der Waals surface area contributed by atoms with Crippen LogP contribution in [0.2, 0.25) is 5.02 Å². The molecule has 0 spiro atoms. The van der Waals surface area contributed by atoms with Gasteiger partial charge in [-0.2, -0.15) is 0 Å². The van der Waals surface area contributed by atoms with Crippen LogP contribution in [0, 0.1) is 0 Å². The van der Waals surface area contributed by atoms with Crippen molar-refractivity contribution in [1.82, 2.24) is 4.98 Å². The number of methoxy groups -OCH3 is 1. The molecular weight excluding hydrogens is 382 g/mol. The Bertz CT molecular complexity index is 990. The maximum absolute atomic E-state index is 13.5. The number of aromatic nitrogens is 1. The standard InChI is InChI=1S/C17H18ClNO6S/c1-3-25-15(20)13-14(11-9-10(18)5-6-12(11)19-13)26(22,23)17(7-4-8-17)16(21)24-2/h5-6,9,19H,3-4,7-8H2,1-2H3. The molecule has 0 amide bonds. The molecule has 0 aliphatic heterocycles. The van der Waals surface area contributed by atoms with Crippen molar-refractivity contribution < 1.29 is 27.5 Å². The first kappa shape index (κ1) is 18.7. The average molecular weight is 400 g/mol. The number of carbonyl (C=O) groups excluding carboxylic acids is 2. The van der Waals surface area contributed by atoms with Crippen molar-refractivity contribution in [1.29, 1.82) is 0 Å². The van der Waals surface area contributed by atoms with Gasteiger partial charge in [0, 0.05) is 15.9 Å². The molecule has 26 heavy (non-hydrogen) atoms. The van der Waals surface area contributed by atoms with Crippen molar-refractivity contribution in [3.05, 3.63) is 28.9 Å². The van der Waals surface area contributed by atoms with Crippen LogP contribution in [-0.2, 0) is 24.1 Å². The highest BCUT2D eigenvalue weighted by Gasteiger charge is 2.58. The smallest absolute Gasteiger partial charge is 0.356 e. The first-order valence-corrected chi connectivity index (χ1v) is 9.96. The zero-order chi connectivity index (χ0) is 19.1. The Morgan fingerprint density at radius 2 is 2.00 bits per heavy atom. The normalized spacial score (nSPS) is 16.1. The van der Waals surface area contributed by atoms with Crippen LogP contribution in [0.5, 0.6) is 0 Å². The third-order valence-corrected chi connectivity index (χ3v) is 7.49. The number of fused-ring (bicyclic) bond motifs is 1. The number of halogens is 1. The van der Waals surface area contributed by atoms with Crippen LogP contribution >= 0.6 is 11.6 Å². The van der Waals surface area contributed by atoms with Gasteiger partial charge in [-0.1, -0.05) is 11.6 Å². The fourth-order valence-corrected chi connectivity index (χ4v) is 5.78. The lowest BCUT2D eigenvalue weighted by Gasteiger charge is -2.37. The summed E-state index contributed by atoms with van der Waals surface area (Å²) in [5, 5.41) is 0.555. The van der Waals surface area contributed by atoms with E-state index in [9.17, 15) is 18.0 Å². The highest BCUT2D eigenvalue weighted by atomic mass is 35.5. The predicted molar refractivity (Wildman–Crippen MR) is 95.0 cm³/mol. The molecular formula is C17H18ClNO6S. The summed E-state index contributed by atoms with van der Waals surface area (Å²) >= 11 is 6.03. The van der Waals surface area contributed by atoms with Gasteiger partial charge in [-0.3, -0.25) is 4.79 Å². The van der Waals surface area contributed by atoms with E-state index in [4.69, 9.17) is 21.1 Å². The molecule has 1 aliphatic rings. The van der Waals surface area contributed by atoms with Gasteiger partial charge in [0.1, 0.15) is 10.6 Å². The van der Waals surface area contributed by atoms with Gasteiger partial charge < -0.3 is 14.5 Å². The van der Waals surface area contributed by atoms with Gasteiger partial charge in [0.2, 0.25) is 0 Å². The topological polar surface area (TPSA) is 103 Å². The van der Waals surface area contributed by atoms with Gasteiger partial charge in [0.15, 0.2) is 14.6 Å². The predicted octanol–water partition coefficient (Wildman–Crippen LogP) is 2.87. The number of benzene rings is 1. The highest BCUT2D eigenvalue weighted by molar-refractivity contribution is 7.94. The largest absolute Gasteiger partial charge is 0.468 e. The Labute approximate surface area is 155 Å². The number of nitrogens with one attached hydrogen (secondary N) is 1. The molecule has 0 bridgehead atoms. The molecule has 1 heterocycles. The van der Waals surface area contributed by atoms with Crippen molar-refractivity contribution in [2.45, 2.75) is 35.8 Å². The fourth-order valence-electron chi connectivity index (χ4n) is 3.23. The monoisotopic (exact) mass is 399 g/mol. The quantitative estimate of drug-likeness (QED) is 0.775. The van der Waals surface area contributed by atoms with Crippen LogP contribution in [0.4, 0.5) is 0 Å². The average Bonchev–Trinajstić information content (AvgIpc) is 2.92. The van der Waals surface area contributed by atoms with Gasteiger partial charge >= 0.3 is 11.9 Å². The van der Waals surface area contributed by atoms with Gasteiger partial charge in [0.25, 0.3) is 0 Å². The highest BCUT2D eigenvalue weighted by Crippen LogP contribution is 2.46. The second-order valence-corrected chi connectivity index (χ2v) is 8.72. The van der Waals surface area contributed by atoms with Crippen molar-refractivity contribution in [2.24, 2.45) is 0 Å². The summed E-state index contributed by atoms with van der Waals surface area (Å²) in [6.07, 6.45) is 0.848. The second kappa shape index (κ2) is 6.59. The summed E-state index contributed by atoms with van der Waals surface area (Å²) in [6, 6.07) is 4.60. The maximum Gasteiger partial charge on any atom is 0.356 e. The van der Waals surface area contributed by atoms with Crippen molar-refractivity contribution >= 4 is 44.3 Å². The zero-order valence-corrected chi connectivity index (χ0v) is 15.9. The number of hydrogen-bond donors (Lipinski definition) is 1. The van der Waals surface area contributed by atoms with Crippen LogP contribution in [0.15, 0.2) is 23.1 Å². The van der Waals surface area contributed by atoms with Crippen molar-refractivity contribution in [2.75, 3.05) is 13.7 Å². The zero-order valence-electron chi connectivity index (χ0n) is 14.3. The molecule has 0 saturated heterocycles. The molecule has 2 aromatic rings. The number of ether oxygens (including phenoxy) is 2. The molecule has 0 radical (unpaired) electrons. The van der Waals surface area contributed by atoms with Gasteiger partial charge in [-0.25, -0.2) is 13.2 Å². The number of carbonyl (C=O) groups is 2. The minimum absolute atomic E-state index is 0.0799. The van der Waals surface area contributed by atoms with Crippen molar-refractivity contribution in [3.8, 4) is 0 Å². The second-order valence-electron chi connectivity index (χ2n) is 6.08. The number of H-pyrrole nitrogens is 1. The molecule has 1 saturated carbocycles. The molecule has 1 fully saturated rings. The van der Waals surface area contributed by atoms with E-state index >= 15 is 0 Å². The van der Waals surface area contributed by atoms with Crippen molar-refractivity contribution in [3.63, 3.8) is 0 Å². The van der Waals surface area contributed by atoms with E-state index in [1.165, 1.54) is 6.07 Å². The summed E-state index contributed by atoms with van der Waals surface area (Å²) in [6.45, 7) is 1.70. The Morgan fingerprint density at radius 1 is 1.31 bits per heavy atom. The summed E-state index contributed by atoms with van der Waals surface area (Å²) in [5.74, 6) is -1.63. The molecule has 140 valence electrons. The number of aromatic amines is 1. The van der Waals surface area contributed by atoms with E-state index in [1.54, 1.807) is 19.1 Å². The van der Waals surface area contributed by atoms with E-state index in [-0.39, 0.29) is 35.4 Å². The molecule has 9 heteroatoms. The molecule has 0 atom stereocenters. The van der Waals surface area contributed by atoms with Crippen LogP contribution in [-0.4, -0.2) is 43.8 Å². The van der Waals surface area contributed by atoms with Gasteiger partial charge in [-0.15, -0.1) is 0 Å². The Morgan fingerprint density at radius 3 is 2.54 bits per heavy atom. The van der Waals surface area contributed by atoms with E-state index < -0.39 is 26.5 Å². The molecule has 1 aromatic heterocycles. The summed E-state index contributed by atoms with van der Waals surface area (Å²) in [4.78, 5) is 27.2. The van der Waals surface area contributed by atoms with Crippen LogP contribution in [0.25, 0.3) is 10.9 Å². The number of hydrogen-bond acceptors (Lipinski definition) is 6. The molecule has 1 N–H and O–H groups in total. The Balaban J connectivity index is 2.31. The number of sulfone groups is 1. The third-order valence-electron chi connectivity index (χ3n) is 4.69. The third kappa shape index (κ3) is 2.59.